The number of nitrogens with zero attached hydrogens (tertiary/aromatic N) is 2. The van der Waals surface area contributed by atoms with Crippen LogP contribution in [-0.4, -0.2) is 40.4 Å². The molecule has 1 unspecified atom stereocenters. The van der Waals surface area contributed by atoms with E-state index in [0.717, 1.165) is 35.7 Å². The fourth-order valence-electron chi connectivity index (χ4n) is 3.60. The van der Waals surface area contributed by atoms with E-state index >= 15 is 0 Å². The molecule has 4 rings (SSSR count). The Bertz CT molecular complexity index is 817. The quantitative estimate of drug-likeness (QED) is 0.685. The second-order valence-electron chi connectivity index (χ2n) is 6.78. The van der Waals surface area contributed by atoms with Crippen molar-refractivity contribution in [3.63, 3.8) is 0 Å². The molecule has 1 amide bonds. The normalized spacial score (nSPS) is 16.2. The number of carbonyl (C=O) groups is 1. The summed E-state index contributed by atoms with van der Waals surface area (Å²) >= 11 is 0. The fourth-order valence-corrected chi connectivity index (χ4v) is 3.60. The number of aromatic nitrogens is 2. The van der Waals surface area contributed by atoms with Gasteiger partial charge in [0, 0.05) is 19.4 Å². The first-order chi connectivity index (χ1) is 12.8. The molecule has 3 aromatic rings. The first-order valence-electron chi connectivity index (χ1n) is 9.27. The Kier molecular flexibility index (Phi) is 5.02. The van der Waals surface area contributed by atoms with Crippen LogP contribution in [0, 0.1) is 0 Å². The second-order valence-corrected chi connectivity index (χ2v) is 6.78. The van der Waals surface area contributed by atoms with Gasteiger partial charge in [0.05, 0.1) is 23.3 Å². The molecule has 1 atom stereocenters. The van der Waals surface area contributed by atoms with Crippen LogP contribution in [0.2, 0.25) is 0 Å². The van der Waals surface area contributed by atoms with Gasteiger partial charge in [0.1, 0.15) is 11.6 Å². The summed E-state index contributed by atoms with van der Waals surface area (Å²) in [6, 6.07) is 11.9. The van der Waals surface area contributed by atoms with Gasteiger partial charge in [-0.15, -0.1) is 0 Å². The highest BCUT2D eigenvalue weighted by Crippen LogP contribution is 2.24. The third-order valence-corrected chi connectivity index (χ3v) is 4.97. The van der Waals surface area contributed by atoms with Crippen molar-refractivity contribution in [1.29, 1.82) is 0 Å². The van der Waals surface area contributed by atoms with Crippen molar-refractivity contribution in [1.82, 2.24) is 20.2 Å². The number of nitrogens with one attached hydrogen (secondary N) is 2. The van der Waals surface area contributed by atoms with Crippen molar-refractivity contribution >= 4 is 16.9 Å². The number of fused-ring (bicyclic) bond motifs is 1. The average molecular weight is 352 g/mol. The van der Waals surface area contributed by atoms with Crippen LogP contribution < -0.4 is 5.32 Å². The van der Waals surface area contributed by atoms with Crippen LogP contribution in [-0.2, 0) is 11.2 Å². The highest BCUT2D eigenvalue weighted by molar-refractivity contribution is 5.77. The van der Waals surface area contributed by atoms with Gasteiger partial charge in [-0.3, -0.25) is 9.69 Å². The molecule has 0 bridgehead atoms. The number of H-pyrrole nitrogens is 1. The van der Waals surface area contributed by atoms with Crippen molar-refractivity contribution in [3.8, 4) is 0 Å². The number of rotatable bonds is 7. The van der Waals surface area contributed by atoms with Crippen molar-refractivity contribution in [2.75, 3.05) is 19.6 Å². The summed E-state index contributed by atoms with van der Waals surface area (Å²) in [5, 5.41) is 3.07. The van der Waals surface area contributed by atoms with E-state index in [1.54, 1.807) is 6.26 Å². The van der Waals surface area contributed by atoms with E-state index in [1.807, 2.05) is 36.4 Å². The molecule has 0 radical (unpaired) electrons. The van der Waals surface area contributed by atoms with Crippen molar-refractivity contribution in [2.24, 2.45) is 0 Å². The van der Waals surface area contributed by atoms with E-state index in [0.29, 0.717) is 19.4 Å². The zero-order chi connectivity index (χ0) is 17.8. The Balaban J connectivity index is 1.32. The Morgan fingerprint density at radius 2 is 2.08 bits per heavy atom. The third-order valence-electron chi connectivity index (χ3n) is 4.97. The summed E-state index contributed by atoms with van der Waals surface area (Å²) in [5.41, 5.74) is 1.95. The Morgan fingerprint density at radius 3 is 2.85 bits per heavy atom. The fraction of sp³-hybridized carbons (Fsp3) is 0.400. The summed E-state index contributed by atoms with van der Waals surface area (Å²) in [5.74, 6) is 1.81. The second kappa shape index (κ2) is 7.74. The van der Waals surface area contributed by atoms with Gasteiger partial charge in [-0.25, -0.2) is 4.98 Å². The van der Waals surface area contributed by atoms with Crippen LogP contribution >= 0.6 is 0 Å². The third kappa shape index (κ3) is 3.80. The molecular weight excluding hydrogens is 328 g/mol. The number of hydrogen-bond donors (Lipinski definition) is 2. The lowest BCUT2D eigenvalue weighted by Gasteiger charge is -2.26. The van der Waals surface area contributed by atoms with Gasteiger partial charge in [0.25, 0.3) is 0 Å². The smallest absolute Gasteiger partial charge is 0.220 e. The number of furan rings is 1. The van der Waals surface area contributed by atoms with Crippen LogP contribution in [0.15, 0.2) is 47.1 Å². The molecule has 1 saturated heterocycles. The standard InChI is InChI=1S/C20H24N4O2/c25-20(10-9-19-22-15-6-1-2-7-16(15)23-19)21-14-17(18-8-5-13-26-18)24-11-3-4-12-24/h1-2,5-8,13,17H,3-4,9-12,14H2,(H,21,25)(H,22,23). The SMILES string of the molecule is O=C(CCc1nc2ccccc2[nH]1)NCC(c1ccco1)N1CCCC1. The maximum absolute atomic E-state index is 12.3. The zero-order valence-corrected chi connectivity index (χ0v) is 14.8. The predicted octanol–water partition coefficient (Wildman–Crippen LogP) is 3.04. The lowest BCUT2D eigenvalue weighted by molar-refractivity contribution is -0.121. The maximum atomic E-state index is 12.3. The number of carbonyl (C=O) groups excluding carboxylic acids is 1. The molecule has 3 heterocycles. The van der Waals surface area contributed by atoms with E-state index in [2.05, 4.69) is 20.2 Å². The van der Waals surface area contributed by atoms with Gasteiger partial charge in [-0.2, -0.15) is 0 Å². The molecule has 26 heavy (non-hydrogen) atoms. The number of amides is 1. The van der Waals surface area contributed by atoms with Crippen molar-refractivity contribution < 1.29 is 9.21 Å². The van der Waals surface area contributed by atoms with E-state index in [4.69, 9.17) is 4.42 Å². The lowest BCUT2D eigenvalue weighted by Crippen LogP contribution is -2.36. The average Bonchev–Trinajstić information content (AvgIpc) is 3.40. The van der Waals surface area contributed by atoms with Crippen molar-refractivity contribution in [2.45, 2.75) is 31.7 Å². The number of aryl methyl sites for hydroxylation is 1. The minimum atomic E-state index is 0.0428. The molecular formula is C20H24N4O2. The first kappa shape index (κ1) is 16.8. The zero-order valence-electron chi connectivity index (χ0n) is 14.8. The largest absolute Gasteiger partial charge is 0.468 e. The summed E-state index contributed by atoms with van der Waals surface area (Å²) in [6.07, 6.45) is 5.14. The van der Waals surface area contributed by atoms with Crippen LogP contribution in [0.3, 0.4) is 0 Å². The van der Waals surface area contributed by atoms with Crippen LogP contribution in [0.25, 0.3) is 11.0 Å². The predicted molar refractivity (Wildman–Crippen MR) is 99.7 cm³/mol. The van der Waals surface area contributed by atoms with Gasteiger partial charge in [0.15, 0.2) is 0 Å². The molecule has 0 aliphatic carbocycles. The number of para-hydroxylation sites is 2. The Labute approximate surface area is 152 Å². The Morgan fingerprint density at radius 1 is 1.23 bits per heavy atom. The van der Waals surface area contributed by atoms with E-state index in [1.165, 1.54) is 12.8 Å². The molecule has 2 aromatic heterocycles. The van der Waals surface area contributed by atoms with Crippen molar-refractivity contribution in [3.05, 3.63) is 54.2 Å². The van der Waals surface area contributed by atoms with Gasteiger partial charge in [0.2, 0.25) is 5.91 Å². The number of hydrogen-bond acceptors (Lipinski definition) is 4. The monoisotopic (exact) mass is 352 g/mol. The minimum Gasteiger partial charge on any atom is -0.468 e. The summed E-state index contributed by atoms with van der Waals surface area (Å²) < 4.78 is 5.60. The molecule has 1 aromatic carbocycles. The topological polar surface area (TPSA) is 74.2 Å². The number of likely N-dealkylation sites (tertiary alicyclic amines) is 1. The van der Waals surface area contributed by atoms with Gasteiger partial charge >= 0.3 is 0 Å². The van der Waals surface area contributed by atoms with E-state index in [9.17, 15) is 4.79 Å². The first-order valence-corrected chi connectivity index (χ1v) is 9.27. The molecule has 1 fully saturated rings. The summed E-state index contributed by atoms with van der Waals surface area (Å²) in [7, 11) is 0. The molecule has 0 spiro atoms. The highest BCUT2D eigenvalue weighted by atomic mass is 16.3. The molecule has 1 aliphatic heterocycles. The molecule has 0 saturated carbocycles. The summed E-state index contributed by atoms with van der Waals surface area (Å²) in [4.78, 5) is 22.5. The van der Waals surface area contributed by atoms with Gasteiger partial charge in [-0.05, 0) is 50.2 Å². The van der Waals surface area contributed by atoms with Gasteiger partial charge < -0.3 is 14.7 Å². The van der Waals surface area contributed by atoms with Crippen LogP contribution in [0.4, 0.5) is 0 Å². The van der Waals surface area contributed by atoms with Gasteiger partial charge in [-0.1, -0.05) is 12.1 Å². The lowest BCUT2D eigenvalue weighted by atomic mass is 10.2. The number of imidazole rings is 1. The molecule has 6 heteroatoms. The number of aromatic amines is 1. The maximum Gasteiger partial charge on any atom is 0.220 e. The van der Waals surface area contributed by atoms with E-state index in [-0.39, 0.29) is 11.9 Å². The van der Waals surface area contributed by atoms with Crippen LogP contribution in [0.5, 0.6) is 0 Å². The van der Waals surface area contributed by atoms with Crippen LogP contribution in [0.1, 0.15) is 36.9 Å². The molecule has 2 N–H and O–H groups in total. The molecule has 6 nitrogen and oxygen atoms in total. The minimum absolute atomic E-state index is 0.0428. The molecule has 1 aliphatic rings. The van der Waals surface area contributed by atoms with E-state index < -0.39 is 0 Å². The summed E-state index contributed by atoms with van der Waals surface area (Å²) in [6.45, 7) is 2.69. The Hall–Kier alpha value is -2.60. The number of benzene rings is 1. The molecule has 136 valence electrons. The highest BCUT2D eigenvalue weighted by Gasteiger charge is 2.25.